The largest absolute Gasteiger partial charge is 0.456 e. The molecule has 1 heterocycles. The number of hydrogen-bond acceptors (Lipinski definition) is 6. The summed E-state index contributed by atoms with van der Waals surface area (Å²) in [6.45, 7) is 0. The molecule has 27 heavy (non-hydrogen) atoms. The van der Waals surface area contributed by atoms with Crippen LogP contribution in [-0.2, 0) is 4.79 Å². The number of anilines is 1. The third-order valence-corrected chi connectivity index (χ3v) is 5.14. The first-order valence-electron chi connectivity index (χ1n) is 8.42. The van der Waals surface area contributed by atoms with E-state index in [-0.39, 0.29) is 11.7 Å². The average molecular weight is 402 g/mol. The van der Waals surface area contributed by atoms with Gasteiger partial charge in [0, 0.05) is 5.69 Å². The molecule has 3 aromatic rings. The van der Waals surface area contributed by atoms with Gasteiger partial charge < -0.3 is 10.1 Å². The first kappa shape index (κ1) is 17.8. The Balaban J connectivity index is 1.30. The minimum atomic E-state index is -0.120. The molecule has 7 nitrogen and oxygen atoms in total. The lowest BCUT2D eigenvalue weighted by atomic mass is 10.3. The second kappa shape index (κ2) is 7.98. The van der Waals surface area contributed by atoms with Crippen LogP contribution in [0.1, 0.15) is 18.9 Å². The van der Waals surface area contributed by atoms with Crippen LogP contribution >= 0.6 is 23.4 Å². The molecule has 0 bridgehead atoms. The van der Waals surface area contributed by atoms with Crippen molar-refractivity contribution >= 4 is 35.0 Å². The van der Waals surface area contributed by atoms with Crippen LogP contribution in [0.2, 0.25) is 5.02 Å². The molecule has 1 N–H and O–H groups in total. The number of ether oxygens (including phenoxy) is 1. The predicted octanol–water partition coefficient (Wildman–Crippen LogP) is 4.18. The maximum Gasteiger partial charge on any atom is 0.234 e. The van der Waals surface area contributed by atoms with Crippen molar-refractivity contribution in [1.29, 1.82) is 0 Å². The van der Waals surface area contributed by atoms with Crippen molar-refractivity contribution < 1.29 is 9.53 Å². The van der Waals surface area contributed by atoms with Crippen LogP contribution in [-0.4, -0.2) is 31.9 Å². The first-order chi connectivity index (χ1) is 13.2. The highest BCUT2D eigenvalue weighted by molar-refractivity contribution is 7.99. The fraction of sp³-hybridized carbons (Fsp3) is 0.222. The lowest BCUT2D eigenvalue weighted by molar-refractivity contribution is -0.113. The van der Waals surface area contributed by atoms with Gasteiger partial charge in [0.15, 0.2) is 0 Å². The van der Waals surface area contributed by atoms with Crippen LogP contribution < -0.4 is 10.1 Å². The Morgan fingerprint density at radius 1 is 1.22 bits per heavy atom. The van der Waals surface area contributed by atoms with Crippen molar-refractivity contribution in [2.75, 3.05) is 11.1 Å². The van der Waals surface area contributed by atoms with E-state index in [1.54, 1.807) is 41.1 Å². The molecule has 9 heteroatoms. The van der Waals surface area contributed by atoms with Gasteiger partial charge in [0.05, 0.1) is 16.8 Å². The quantitative estimate of drug-likeness (QED) is 0.598. The average Bonchev–Trinajstić information content (AvgIpc) is 3.41. The molecule has 1 aliphatic carbocycles. The van der Waals surface area contributed by atoms with Crippen molar-refractivity contribution in [3.05, 3.63) is 53.6 Å². The molecule has 1 aliphatic rings. The van der Waals surface area contributed by atoms with Gasteiger partial charge >= 0.3 is 0 Å². The van der Waals surface area contributed by atoms with E-state index in [1.807, 2.05) is 12.1 Å². The van der Waals surface area contributed by atoms with Gasteiger partial charge in [-0.2, -0.15) is 0 Å². The zero-order valence-electron chi connectivity index (χ0n) is 14.2. The number of carbonyl (C=O) groups is 1. The Kier molecular flexibility index (Phi) is 5.26. The molecule has 1 saturated carbocycles. The summed E-state index contributed by atoms with van der Waals surface area (Å²) in [6, 6.07) is 14.8. The summed E-state index contributed by atoms with van der Waals surface area (Å²) in [6.07, 6.45) is 2.18. The number of nitrogens with zero attached hydrogens (tertiary/aromatic N) is 4. The molecule has 0 spiro atoms. The molecule has 1 amide bonds. The molecule has 0 atom stereocenters. The maximum atomic E-state index is 12.2. The molecule has 2 aromatic carbocycles. The van der Waals surface area contributed by atoms with Crippen molar-refractivity contribution in [1.82, 2.24) is 20.2 Å². The normalized spacial score (nSPS) is 13.4. The Morgan fingerprint density at radius 3 is 2.74 bits per heavy atom. The topological polar surface area (TPSA) is 81.9 Å². The number of halogens is 1. The van der Waals surface area contributed by atoms with E-state index in [4.69, 9.17) is 16.3 Å². The van der Waals surface area contributed by atoms with Crippen LogP contribution in [0.15, 0.2) is 53.7 Å². The fourth-order valence-corrected chi connectivity index (χ4v) is 3.34. The molecule has 1 fully saturated rings. The highest BCUT2D eigenvalue weighted by Gasteiger charge is 2.28. The highest BCUT2D eigenvalue weighted by atomic mass is 35.5. The van der Waals surface area contributed by atoms with Crippen LogP contribution in [0.3, 0.4) is 0 Å². The summed E-state index contributed by atoms with van der Waals surface area (Å²) in [5, 5.41) is 15.7. The number of para-hydroxylation sites is 1. The van der Waals surface area contributed by atoms with E-state index < -0.39 is 0 Å². The first-order valence-corrected chi connectivity index (χ1v) is 9.78. The highest BCUT2D eigenvalue weighted by Crippen LogP contribution is 2.36. The summed E-state index contributed by atoms with van der Waals surface area (Å²) < 4.78 is 7.52. The van der Waals surface area contributed by atoms with Gasteiger partial charge in [0.2, 0.25) is 11.1 Å². The second-order valence-electron chi connectivity index (χ2n) is 6.03. The van der Waals surface area contributed by atoms with Crippen molar-refractivity contribution in [2.24, 2.45) is 0 Å². The van der Waals surface area contributed by atoms with Crippen LogP contribution in [0.4, 0.5) is 5.69 Å². The lowest BCUT2D eigenvalue weighted by Gasteiger charge is -2.09. The standard InChI is InChI=1S/C18H16ClN5O2S/c19-15-3-1-2-4-16(15)26-14-9-5-12(6-10-14)20-17(25)11-27-18-21-22-23-24(18)13-7-8-13/h1-6,9-10,13H,7-8,11H2,(H,20,25). The Hall–Kier alpha value is -2.58. The second-order valence-corrected chi connectivity index (χ2v) is 7.38. The van der Waals surface area contributed by atoms with Crippen molar-refractivity contribution in [3.8, 4) is 11.5 Å². The summed E-state index contributed by atoms with van der Waals surface area (Å²) >= 11 is 7.42. The zero-order chi connectivity index (χ0) is 18.6. The van der Waals surface area contributed by atoms with E-state index >= 15 is 0 Å². The fourth-order valence-electron chi connectivity index (χ4n) is 2.42. The molecule has 4 rings (SSSR count). The van der Waals surface area contributed by atoms with Crippen LogP contribution in [0.5, 0.6) is 11.5 Å². The molecule has 0 saturated heterocycles. The van der Waals surface area contributed by atoms with Gasteiger partial charge in [-0.05, 0) is 59.7 Å². The Bertz CT molecular complexity index is 943. The van der Waals surface area contributed by atoms with Crippen LogP contribution in [0, 0.1) is 0 Å². The summed E-state index contributed by atoms with van der Waals surface area (Å²) in [7, 11) is 0. The third-order valence-electron chi connectivity index (χ3n) is 3.89. The number of rotatable bonds is 7. The monoisotopic (exact) mass is 401 g/mol. The maximum absolute atomic E-state index is 12.2. The van der Waals surface area contributed by atoms with Crippen molar-refractivity contribution in [3.63, 3.8) is 0 Å². The summed E-state index contributed by atoms with van der Waals surface area (Å²) in [4.78, 5) is 12.2. The van der Waals surface area contributed by atoms with E-state index in [0.717, 1.165) is 12.8 Å². The number of benzene rings is 2. The number of amides is 1. The van der Waals surface area contributed by atoms with Gasteiger partial charge in [-0.1, -0.05) is 35.5 Å². The van der Waals surface area contributed by atoms with Crippen LogP contribution in [0.25, 0.3) is 0 Å². The van der Waals surface area contributed by atoms with E-state index in [1.165, 1.54) is 11.8 Å². The van der Waals surface area contributed by atoms with Gasteiger partial charge in [0.25, 0.3) is 0 Å². The Morgan fingerprint density at radius 2 is 2.00 bits per heavy atom. The number of hydrogen-bond donors (Lipinski definition) is 1. The van der Waals surface area contributed by atoms with E-state index in [9.17, 15) is 4.79 Å². The number of aromatic nitrogens is 4. The van der Waals surface area contributed by atoms with Gasteiger partial charge in [0.1, 0.15) is 11.5 Å². The molecule has 138 valence electrons. The zero-order valence-corrected chi connectivity index (χ0v) is 15.8. The number of carbonyl (C=O) groups excluding carboxylic acids is 1. The molecular weight excluding hydrogens is 386 g/mol. The Labute approximate surface area is 165 Å². The summed E-state index contributed by atoms with van der Waals surface area (Å²) in [5.41, 5.74) is 0.689. The predicted molar refractivity (Wildman–Crippen MR) is 103 cm³/mol. The lowest BCUT2D eigenvalue weighted by Crippen LogP contribution is -2.14. The minimum absolute atomic E-state index is 0.120. The van der Waals surface area contributed by atoms with Gasteiger partial charge in [-0.25, -0.2) is 4.68 Å². The van der Waals surface area contributed by atoms with Gasteiger partial charge in [-0.3, -0.25) is 4.79 Å². The number of nitrogens with one attached hydrogen (secondary N) is 1. The molecule has 0 radical (unpaired) electrons. The number of tetrazole rings is 1. The van der Waals surface area contributed by atoms with E-state index in [0.29, 0.717) is 33.4 Å². The third kappa shape index (κ3) is 4.58. The summed E-state index contributed by atoms with van der Waals surface area (Å²) in [5.74, 6) is 1.34. The van der Waals surface area contributed by atoms with Crippen molar-refractivity contribution in [2.45, 2.75) is 24.0 Å². The molecule has 0 unspecified atom stereocenters. The molecular formula is C18H16ClN5O2S. The number of thioether (sulfide) groups is 1. The van der Waals surface area contributed by atoms with E-state index in [2.05, 4.69) is 20.8 Å². The molecule has 0 aliphatic heterocycles. The molecule has 1 aromatic heterocycles. The SMILES string of the molecule is O=C(CSc1nnnn1C1CC1)Nc1ccc(Oc2ccccc2Cl)cc1. The van der Waals surface area contributed by atoms with Gasteiger partial charge in [-0.15, -0.1) is 5.10 Å². The smallest absolute Gasteiger partial charge is 0.234 e. The minimum Gasteiger partial charge on any atom is -0.456 e.